The Kier molecular flexibility index (Phi) is 11.1. The standard InChI is InChI=1S/C27H25N2.C13H24O2.Ir/c1-26(2,3)19-13-18-8-12-29-25-20-14-17-7-6-11-28-23(17)16-21(20)27(9-4-5-10-27)22(15-19)24(18)25;1-5-10(6-2)12(14)9-13(15)11(7-3)8-4;/h6-8,11-13,15-16H,4-5,9-10H2,1-3H3;9-11,14H,5-8H2,1-4H3;/q-1;;/b;12-9-;. The van der Waals surface area contributed by atoms with Crippen LogP contribution >= 0.6 is 0 Å². The Morgan fingerprint density at radius 3 is 2.22 bits per heavy atom. The van der Waals surface area contributed by atoms with Crippen molar-refractivity contribution in [2.75, 3.05) is 0 Å². The average molecular weight is 782 g/mol. The first-order valence-corrected chi connectivity index (χ1v) is 16.8. The van der Waals surface area contributed by atoms with Gasteiger partial charge in [0.2, 0.25) is 0 Å². The van der Waals surface area contributed by atoms with Gasteiger partial charge in [-0.15, -0.1) is 12.1 Å². The van der Waals surface area contributed by atoms with Gasteiger partial charge in [-0.1, -0.05) is 102 Å². The molecule has 1 N–H and O–H groups in total. The molecule has 5 heteroatoms. The van der Waals surface area contributed by atoms with Crippen LogP contribution in [-0.2, 0) is 35.7 Å². The number of aliphatic hydroxyl groups excluding tert-OH is 1. The smallest absolute Gasteiger partial charge is 0.162 e. The summed E-state index contributed by atoms with van der Waals surface area (Å²) in [5.74, 6) is 0.547. The van der Waals surface area contributed by atoms with Crippen LogP contribution in [0.2, 0.25) is 0 Å². The monoisotopic (exact) mass is 782 g/mol. The molecule has 0 bridgehead atoms. The SMILES string of the molecule is CC(C)(C)c1cc2c3c(nccc3c1)-c1[c-]c3cccnc3cc1C21CCCC1.CCC(CC)C(=O)/C=C(\O)C(CC)CC.[Ir]. The predicted molar refractivity (Wildman–Crippen MR) is 183 cm³/mol. The van der Waals surface area contributed by atoms with Gasteiger partial charge in [0.25, 0.3) is 0 Å². The van der Waals surface area contributed by atoms with Crippen LogP contribution in [0.4, 0.5) is 0 Å². The fraction of sp³-hybridized carbons (Fsp3) is 0.475. The van der Waals surface area contributed by atoms with Crippen molar-refractivity contribution in [2.45, 2.75) is 111 Å². The third-order valence-corrected chi connectivity index (χ3v) is 10.2. The number of nitrogens with zero attached hydrogens (tertiary/aromatic N) is 2. The van der Waals surface area contributed by atoms with E-state index in [1.807, 2.05) is 46.2 Å². The van der Waals surface area contributed by atoms with Crippen molar-refractivity contribution in [1.82, 2.24) is 9.97 Å². The Labute approximate surface area is 283 Å². The topological polar surface area (TPSA) is 63.1 Å². The van der Waals surface area contributed by atoms with E-state index in [9.17, 15) is 9.90 Å². The zero-order valence-electron chi connectivity index (χ0n) is 28.1. The Morgan fingerprint density at radius 1 is 0.933 bits per heavy atom. The van der Waals surface area contributed by atoms with Crippen molar-refractivity contribution >= 4 is 27.5 Å². The number of hydrogen-bond donors (Lipinski definition) is 1. The first-order valence-electron chi connectivity index (χ1n) is 16.8. The number of aliphatic hydroxyl groups is 1. The van der Waals surface area contributed by atoms with E-state index in [1.54, 1.807) is 0 Å². The van der Waals surface area contributed by atoms with Gasteiger partial charge < -0.3 is 5.11 Å². The van der Waals surface area contributed by atoms with Gasteiger partial charge in [0.15, 0.2) is 5.78 Å². The number of fused-ring (bicyclic) bond motifs is 5. The fourth-order valence-electron chi connectivity index (χ4n) is 7.37. The Balaban J connectivity index is 0.000000249. The second-order valence-corrected chi connectivity index (χ2v) is 13.8. The summed E-state index contributed by atoms with van der Waals surface area (Å²) in [5, 5.41) is 13.5. The van der Waals surface area contributed by atoms with E-state index in [1.165, 1.54) is 64.8 Å². The van der Waals surface area contributed by atoms with Crippen LogP contribution < -0.4 is 0 Å². The van der Waals surface area contributed by atoms with Crippen LogP contribution in [0.1, 0.15) is 117 Å². The molecule has 1 radical (unpaired) electrons. The summed E-state index contributed by atoms with van der Waals surface area (Å²) in [4.78, 5) is 21.2. The van der Waals surface area contributed by atoms with Crippen molar-refractivity contribution in [3.05, 3.63) is 83.4 Å². The molecule has 0 amide bonds. The van der Waals surface area contributed by atoms with E-state index in [0.717, 1.165) is 42.3 Å². The number of pyridine rings is 2. The largest absolute Gasteiger partial charge is 0.512 e. The number of carbonyl (C=O) groups excluding carboxylic acids is 1. The minimum atomic E-state index is 0. The van der Waals surface area contributed by atoms with Crippen molar-refractivity contribution in [3.63, 3.8) is 0 Å². The third-order valence-electron chi connectivity index (χ3n) is 10.2. The average Bonchev–Trinajstić information content (AvgIpc) is 3.51. The van der Waals surface area contributed by atoms with E-state index in [-0.39, 0.29) is 54.3 Å². The molecule has 2 heterocycles. The molecule has 2 aliphatic carbocycles. The zero-order valence-corrected chi connectivity index (χ0v) is 30.5. The van der Waals surface area contributed by atoms with Crippen molar-refractivity contribution in [2.24, 2.45) is 11.8 Å². The van der Waals surface area contributed by atoms with E-state index in [2.05, 4.69) is 62.2 Å². The molecule has 2 aliphatic rings. The van der Waals surface area contributed by atoms with E-state index in [0.29, 0.717) is 0 Å². The van der Waals surface area contributed by atoms with Crippen LogP contribution in [0.5, 0.6) is 0 Å². The summed E-state index contributed by atoms with van der Waals surface area (Å²) in [6.07, 6.45) is 13.7. The molecule has 2 aromatic carbocycles. The first-order chi connectivity index (χ1) is 21.1. The van der Waals surface area contributed by atoms with Crippen LogP contribution in [0, 0.1) is 17.9 Å². The number of hydrogen-bond acceptors (Lipinski definition) is 4. The quantitative estimate of drug-likeness (QED) is 0.115. The normalized spacial score (nSPS) is 15.3. The van der Waals surface area contributed by atoms with Gasteiger partial charge in [-0.2, -0.15) is 0 Å². The van der Waals surface area contributed by atoms with Gasteiger partial charge in [0.05, 0.1) is 5.76 Å². The molecule has 1 spiro atoms. The Bertz CT molecular complexity index is 1690. The third kappa shape index (κ3) is 6.67. The molecule has 4 aromatic rings. The van der Waals surface area contributed by atoms with Crippen molar-refractivity contribution in [3.8, 4) is 11.3 Å². The number of ketones is 1. The van der Waals surface area contributed by atoms with Crippen LogP contribution in [-0.4, -0.2) is 20.9 Å². The molecule has 1 saturated carbocycles. The van der Waals surface area contributed by atoms with E-state index in [4.69, 9.17) is 4.98 Å². The second-order valence-electron chi connectivity index (χ2n) is 13.8. The summed E-state index contributed by atoms with van der Waals surface area (Å²) in [6, 6.07) is 17.2. The van der Waals surface area contributed by atoms with Crippen LogP contribution in [0.15, 0.2) is 60.6 Å². The maximum atomic E-state index is 11.7. The van der Waals surface area contributed by atoms with Gasteiger partial charge in [0, 0.05) is 56.1 Å². The summed E-state index contributed by atoms with van der Waals surface area (Å²) < 4.78 is 0. The predicted octanol–water partition coefficient (Wildman–Crippen LogP) is 10.6. The van der Waals surface area contributed by atoms with Gasteiger partial charge in [-0.25, -0.2) is 0 Å². The van der Waals surface area contributed by atoms with Crippen molar-refractivity contribution < 1.29 is 30.0 Å². The van der Waals surface area contributed by atoms with Gasteiger partial charge >= 0.3 is 0 Å². The number of aromatic nitrogens is 2. The number of allylic oxidation sites excluding steroid dienone is 2. The molecule has 0 unspecified atom stereocenters. The second kappa shape index (κ2) is 14.3. The zero-order chi connectivity index (χ0) is 31.6. The van der Waals surface area contributed by atoms with E-state index >= 15 is 0 Å². The van der Waals surface area contributed by atoms with E-state index < -0.39 is 0 Å². The molecule has 0 saturated heterocycles. The molecule has 2 aromatic heterocycles. The molecule has 1 fully saturated rings. The van der Waals surface area contributed by atoms with Crippen LogP contribution in [0.3, 0.4) is 0 Å². The fourth-order valence-corrected chi connectivity index (χ4v) is 7.37. The number of rotatable bonds is 7. The molecule has 4 nitrogen and oxygen atoms in total. The van der Waals surface area contributed by atoms with Crippen molar-refractivity contribution in [1.29, 1.82) is 0 Å². The summed E-state index contributed by atoms with van der Waals surface area (Å²) >= 11 is 0. The Hall–Kier alpha value is -2.88. The Morgan fingerprint density at radius 2 is 1.60 bits per heavy atom. The molecule has 0 aliphatic heterocycles. The number of benzene rings is 2. The molecule has 0 atom stereocenters. The van der Waals surface area contributed by atoms with Gasteiger partial charge in [-0.05, 0) is 82.8 Å². The maximum Gasteiger partial charge on any atom is 0.162 e. The number of carbonyl (C=O) groups is 1. The molecular weight excluding hydrogens is 733 g/mol. The summed E-state index contributed by atoms with van der Waals surface area (Å²) in [7, 11) is 0. The van der Waals surface area contributed by atoms with Crippen LogP contribution in [0.25, 0.3) is 32.9 Å². The van der Waals surface area contributed by atoms with Gasteiger partial charge in [-0.3, -0.25) is 14.8 Å². The summed E-state index contributed by atoms with van der Waals surface area (Å²) in [6.45, 7) is 15.0. The maximum absolute atomic E-state index is 11.7. The molecular formula is C40H49IrN2O2-. The molecule has 6 rings (SSSR count). The minimum Gasteiger partial charge on any atom is -0.512 e. The molecule has 45 heavy (non-hydrogen) atoms. The summed E-state index contributed by atoms with van der Waals surface area (Å²) in [5.41, 5.74) is 7.79. The minimum absolute atomic E-state index is 0. The molecule has 241 valence electrons. The van der Waals surface area contributed by atoms with Gasteiger partial charge in [0.1, 0.15) is 0 Å². The first kappa shape index (κ1) is 35.0.